The maximum Gasteiger partial charge on any atom is 0.222 e. The van der Waals surface area contributed by atoms with Crippen molar-refractivity contribution in [3.63, 3.8) is 0 Å². The minimum absolute atomic E-state index is 0.0166. The predicted molar refractivity (Wildman–Crippen MR) is 130 cm³/mol. The number of piperidine rings is 1. The molecule has 2 aliphatic heterocycles. The minimum atomic E-state index is -1.19. The van der Waals surface area contributed by atoms with Crippen molar-refractivity contribution in [1.29, 1.82) is 0 Å². The van der Waals surface area contributed by atoms with Gasteiger partial charge in [0, 0.05) is 45.2 Å². The molecule has 2 aliphatic rings. The normalized spacial score (nSPS) is 21.5. The fraction of sp³-hybridized carbons (Fsp3) is 0.519. The molecule has 0 aromatic heterocycles. The van der Waals surface area contributed by atoms with Crippen LogP contribution in [-0.2, 0) is 16.1 Å². The molecular weight excluding hydrogens is 451 g/mol. The summed E-state index contributed by atoms with van der Waals surface area (Å²) in [5, 5.41) is 11.1. The van der Waals surface area contributed by atoms with E-state index in [2.05, 4.69) is 4.90 Å². The Hall–Kier alpha value is -2.68. The fourth-order valence-electron chi connectivity index (χ4n) is 4.49. The summed E-state index contributed by atoms with van der Waals surface area (Å²) in [7, 11) is 0. The maximum absolute atomic E-state index is 13.4. The lowest BCUT2D eigenvalue weighted by Crippen LogP contribution is -2.48. The Morgan fingerprint density at radius 3 is 2.71 bits per heavy atom. The third-order valence-corrected chi connectivity index (χ3v) is 6.34. The summed E-state index contributed by atoms with van der Waals surface area (Å²) in [5.74, 6) is 1.06. The first kappa shape index (κ1) is 25.4. The lowest BCUT2D eigenvalue weighted by Gasteiger charge is -2.30. The fourth-order valence-corrected chi connectivity index (χ4v) is 4.49. The number of hydrogen-bond acceptors (Lipinski definition) is 6. The molecular formula is C27H35FN2O5. The van der Waals surface area contributed by atoms with Crippen LogP contribution < -0.4 is 9.47 Å². The molecule has 0 radical (unpaired) electrons. The highest BCUT2D eigenvalue weighted by atomic mass is 19.1. The lowest BCUT2D eigenvalue weighted by atomic mass is 10.1. The van der Waals surface area contributed by atoms with E-state index in [0.717, 1.165) is 43.7 Å². The zero-order valence-corrected chi connectivity index (χ0v) is 20.2. The largest absolute Gasteiger partial charge is 0.494 e. The summed E-state index contributed by atoms with van der Waals surface area (Å²) < 4.78 is 30.5. The third-order valence-electron chi connectivity index (χ3n) is 6.34. The van der Waals surface area contributed by atoms with Crippen LogP contribution in [0.1, 0.15) is 31.2 Å². The average molecular weight is 487 g/mol. The van der Waals surface area contributed by atoms with Crippen LogP contribution >= 0.6 is 0 Å². The standard InChI is InChI=1S/C27H35FN2O5/c28-23-5-3-6-25(17-23)35-21-27(32)19-29(14-16-33-20-27)18-22-8-10-24(11-9-22)34-15-4-13-30-12-2-1-7-26(30)31/h3,5-6,8-11,17,32H,1-2,4,7,12-16,18-21H2/t27-/m0/s1. The molecule has 0 spiro atoms. The summed E-state index contributed by atoms with van der Waals surface area (Å²) in [6, 6.07) is 13.9. The summed E-state index contributed by atoms with van der Waals surface area (Å²) in [4.78, 5) is 15.9. The van der Waals surface area contributed by atoms with E-state index < -0.39 is 5.60 Å². The number of likely N-dealkylation sites (tertiary alicyclic amines) is 1. The maximum atomic E-state index is 13.4. The number of β-amino-alcohol motifs (C(OH)–C–C–N with tert-alkyl or cyclic N) is 1. The van der Waals surface area contributed by atoms with E-state index in [1.807, 2.05) is 29.2 Å². The molecule has 2 aromatic carbocycles. The number of amides is 1. The van der Waals surface area contributed by atoms with E-state index in [1.54, 1.807) is 12.1 Å². The number of carbonyl (C=O) groups is 1. The zero-order valence-electron chi connectivity index (χ0n) is 20.2. The molecule has 2 aromatic rings. The molecule has 2 saturated heterocycles. The first-order chi connectivity index (χ1) is 17.0. The molecule has 35 heavy (non-hydrogen) atoms. The van der Waals surface area contributed by atoms with E-state index in [1.165, 1.54) is 12.1 Å². The van der Waals surface area contributed by atoms with E-state index >= 15 is 0 Å². The zero-order chi connectivity index (χ0) is 24.5. The van der Waals surface area contributed by atoms with Gasteiger partial charge < -0.3 is 24.2 Å². The van der Waals surface area contributed by atoms with Gasteiger partial charge in [0.05, 0.1) is 19.8 Å². The smallest absolute Gasteiger partial charge is 0.222 e. The van der Waals surface area contributed by atoms with E-state index in [-0.39, 0.29) is 24.9 Å². The highest BCUT2D eigenvalue weighted by molar-refractivity contribution is 5.76. The molecule has 8 heteroatoms. The van der Waals surface area contributed by atoms with Crippen molar-refractivity contribution in [3.05, 3.63) is 59.9 Å². The van der Waals surface area contributed by atoms with Crippen LogP contribution in [0.15, 0.2) is 48.5 Å². The number of carbonyl (C=O) groups excluding carboxylic acids is 1. The van der Waals surface area contributed by atoms with Gasteiger partial charge >= 0.3 is 0 Å². The van der Waals surface area contributed by atoms with Crippen molar-refractivity contribution in [2.45, 2.75) is 37.8 Å². The monoisotopic (exact) mass is 486 g/mol. The quantitative estimate of drug-likeness (QED) is 0.520. The SMILES string of the molecule is O=C1CCCCN1CCCOc1ccc(CN2CCOC[C@](O)(COc3cccc(F)c3)C2)cc1. The average Bonchev–Trinajstić information content (AvgIpc) is 3.04. The van der Waals surface area contributed by atoms with Crippen LogP contribution in [0, 0.1) is 5.82 Å². The second-order valence-corrected chi connectivity index (χ2v) is 9.42. The molecule has 0 aliphatic carbocycles. The molecule has 190 valence electrons. The van der Waals surface area contributed by atoms with Crippen molar-refractivity contribution in [3.8, 4) is 11.5 Å². The number of ether oxygens (including phenoxy) is 3. The van der Waals surface area contributed by atoms with Crippen molar-refractivity contribution in [1.82, 2.24) is 9.80 Å². The molecule has 0 unspecified atom stereocenters. The first-order valence-electron chi connectivity index (χ1n) is 12.4. The number of benzene rings is 2. The highest BCUT2D eigenvalue weighted by Crippen LogP contribution is 2.20. The first-order valence-corrected chi connectivity index (χ1v) is 12.4. The Kier molecular flexibility index (Phi) is 8.95. The molecule has 7 nitrogen and oxygen atoms in total. The Morgan fingerprint density at radius 1 is 1.06 bits per heavy atom. The van der Waals surface area contributed by atoms with Crippen LogP contribution in [0.3, 0.4) is 0 Å². The van der Waals surface area contributed by atoms with Gasteiger partial charge in [-0.15, -0.1) is 0 Å². The van der Waals surface area contributed by atoms with Gasteiger partial charge in [0.2, 0.25) is 5.91 Å². The number of nitrogens with zero attached hydrogens (tertiary/aromatic N) is 2. The molecule has 1 amide bonds. The van der Waals surface area contributed by atoms with Crippen LogP contribution in [0.4, 0.5) is 4.39 Å². The van der Waals surface area contributed by atoms with Crippen LogP contribution in [0.25, 0.3) is 0 Å². The Morgan fingerprint density at radius 2 is 1.91 bits per heavy atom. The van der Waals surface area contributed by atoms with Gasteiger partial charge in [-0.25, -0.2) is 4.39 Å². The number of halogens is 1. The molecule has 2 heterocycles. The summed E-state index contributed by atoms with van der Waals surface area (Å²) in [6.45, 7) is 4.61. The number of hydrogen-bond donors (Lipinski definition) is 1. The summed E-state index contributed by atoms with van der Waals surface area (Å²) >= 11 is 0. The third kappa shape index (κ3) is 7.92. The molecule has 1 N–H and O–H groups in total. The van der Waals surface area contributed by atoms with Gasteiger partial charge in [-0.1, -0.05) is 18.2 Å². The van der Waals surface area contributed by atoms with Gasteiger partial charge in [-0.3, -0.25) is 9.69 Å². The molecule has 4 rings (SSSR count). The van der Waals surface area contributed by atoms with Gasteiger partial charge in [-0.05, 0) is 49.1 Å². The van der Waals surface area contributed by atoms with E-state index in [9.17, 15) is 14.3 Å². The lowest BCUT2D eigenvalue weighted by molar-refractivity contribution is -0.133. The topological polar surface area (TPSA) is 71.5 Å². The number of aliphatic hydroxyl groups is 1. The second kappa shape index (κ2) is 12.3. The van der Waals surface area contributed by atoms with Crippen molar-refractivity contribution in [2.75, 3.05) is 52.6 Å². The Balaban J connectivity index is 1.22. The minimum Gasteiger partial charge on any atom is -0.494 e. The van der Waals surface area contributed by atoms with Crippen molar-refractivity contribution < 1.29 is 28.5 Å². The molecule has 0 bridgehead atoms. The van der Waals surface area contributed by atoms with Crippen LogP contribution in [0.2, 0.25) is 0 Å². The van der Waals surface area contributed by atoms with Crippen LogP contribution in [0.5, 0.6) is 11.5 Å². The van der Waals surface area contributed by atoms with Gasteiger partial charge in [0.15, 0.2) is 0 Å². The van der Waals surface area contributed by atoms with Gasteiger partial charge in [-0.2, -0.15) is 0 Å². The van der Waals surface area contributed by atoms with Gasteiger partial charge in [0.1, 0.15) is 29.5 Å². The summed E-state index contributed by atoms with van der Waals surface area (Å²) in [6.07, 6.45) is 3.58. The molecule has 0 saturated carbocycles. The van der Waals surface area contributed by atoms with Crippen LogP contribution in [-0.4, -0.2) is 79.0 Å². The Bertz CT molecular complexity index is 957. The van der Waals surface area contributed by atoms with Gasteiger partial charge in [0.25, 0.3) is 0 Å². The second-order valence-electron chi connectivity index (χ2n) is 9.42. The van der Waals surface area contributed by atoms with Crippen molar-refractivity contribution in [2.24, 2.45) is 0 Å². The predicted octanol–water partition coefficient (Wildman–Crippen LogP) is 3.25. The molecule has 2 fully saturated rings. The Labute approximate surface area is 206 Å². The van der Waals surface area contributed by atoms with E-state index in [0.29, 0.717) is 45.0 Å². The van der Waals surface area contributed by atoms with Crippen molar-refractivity contribution >= 4 is 5.91 Å². The molecule has 1 atom stereocenters. The van der Waals surface area contributed by atoms with E-state index in [4.69, 9.17) is 14.2 Å². The highest BCUT2D eigenvalue weighted by Gasteiger charge is 2.33. The number of rotatable bonds is 10. The summed E-state index contributed by atoms with van der Waals surface area (Å²) in [5.41, 5.74) is -0.0895.